The summed E-state index contributed by atoms with van der Waals surface area (Å²) in [5.74, 6) is 0. The zero-order valence-electron chi connectivity index (χ0n) is 11.0. The number of aliphatic hydroxyl groups is 1. The van der Waals surface area contributed by atoms with Crippen molar-refractivity contribution in [3.63, 3.8) is 0 Å². The maximum Gasteiger partial charge on any atom is 0.0696 e. The Hall–Kier alpha value is -0.730. The van der Waals surface area contributed by atoms with Crippen molar-refractivity contribution in [3.8, 4) is 0 Å². The number of hydrogen-bond acceptors (Lipinski definition) is 2. The van der Waals surface area contributed by atoms with Crippen molar-refractivity contribution in [2.24, 2.45) is 0 Å². The predicted molar refractivity (Wildman–Crippen MR) is 77.3 cm³/mol. The molecule has 0 radical (unpaired) electrons. The average molecular weight is 268 g/mol. The Labute approximate surface area is 115 Å². The van der Waals surface area contributed by atoms with E-state index in [0.717, 1.165) is 12.1 Å². The summed E-state index contributed by atoms with van der Waals surface area (Å²) in [6.45, 7) is 3.39. The van der Waals surface area contributed by atoms with Crippen LogP contribution in [0.4, 0.5) is 5.69 Å². The third kappa shape index (κ3) is 2.99. The fraction of sp³-hybridized carbons (Fsp3) is 0.600. The number of hydrogen-bond donors (Lipinski definition) is 1. The summed E-state index contributed by atoms with van der Waals surface area (Å²) >= 11 is 6.19. The Bertz CT molecular complexity index is 394. The van der Waals surface area contributed by atoms with Crippen LogP contribution in [0.3, 0.4) is 0 Å². The first kappa shape index (κ1) is 13.7. The molecule has 1 heterocycles. The Morgan fingerprint density at radius 3 is 2.83 bits per heavy atom. The summed E-state index contributed by atoms with van der Waals surface area (Å²) in [4.78, 5) is 2.49. The van der Waals surface area contributed by atoms with Gasteiger partial charge in [0.1, 0.15) is 0 Å². The summed E-state index contributed by atoms with van der Waals surface area (Å²) in [6, 6.07) is 6.66. The molecule has 0 aromatic heterocycles. The third-order valence-corrected chi connectivity index (χ3v) is 4.24. The lowest BCUT2D eigenvalue weighted by Crippen LogP contribution is -2.34. The molecule has 1 aliphatic rings. The highest BCUT2D eigenvalue weighted by atomic mass is 35.5. The van der Waals surface area contributed by atoms with E-state index in [0.29, 0.717) is 11.1 Å². The minimum Gasteiger partial charge on any atom is -0.392 e. The van der Waals surface area contributed by atoms with E-state index in [-0.39, 0.29) is 6.61 Å². The molecule has 1 atom stereocenters. The number of halogens is 1. The Morgan fingerprint density at radius 2 is 2.17 bits per heavy atom. The molecular formula is C15H22ClNO. The van der Waals surface area contributed by atoms with Crippen molar-refractivity contribution in [2.45, 2.75) is 51.7 Å². The van der Waals surface area contributed by atoms with Gasteiger partial charge in [0.2, 0.25) is 0 Å². The number of rotatable bonds is 3. The molecule has 1 fully saturated rings. The van der Waals surface area contributed by atoms with E-state index in [4.69, 9.17) is 16.7 Å². The fourth-order valence-electron chi connectivity index (χ4n) is 2.78. The van der Waals surface area contributed by atoms with Crippen LogP contribution in [0.15, 0.2) is 18.2 Å². The predicted octanol–water partition coefficient (Wildman–Crippen LogP) is 3.99. The molecule has 2 rings (SSSR count). The van der Waals surface area contributed by atoms with E-state index < -0.39 is 0 Å². The quantitative estimate of drug-likeness (QED) is 0.895. The van der Waals surface area contributed by atoms with Crippen molar-refractivity contribution < 1.29 is 5.11 Å². The topological polar surface area (TPSA) is 23.5 Å². The lowest BCUT2D eigenvalue weighted by atomic mass is 10.1. The maximum atomic E-state index is 9.16. The average Bonchev–Trinajstić information content (AvgIpc) is 2.63. The van der Waals surface area contributed by atoms with Gasteiger partial charge in [0.05, 0.1) is 6.61 Å². The van der Waals surface area contributed by atoms with Crippen molar-refractivity contribution in [2.75, 3.05) is 11.4 Å². The molecule has 1 N–H and O–H groups in total. The normalized spacial score (nSPS) is 20.8. The first-order valence-electron chi connectivity index (χ1n) is 6.92. The van der Waals surface area contributed by atoms with Crippen LogP contribution >= 0.6 is 11.6 Å². The molecule has 100 valence electrons. The van der Waals surface area contributed by atoms with E-state index in [1.807, 2.05) is 12.1 Å². The molecule has 0 aliphatic carbocycles. The molecule has 3 heteroatoms. The van der Waals surface area contributed by atoms with Gasteiger partial charge < -0.3 is 10.0 Å². The largest absolute Gasteiger partial charge is 0.392 e. The second kappa shape index (κ2) is 6.44. The Balaban J connectivity index is 2.24. The fourth-order valence-corrected chi connectivity index (χ4v) is 3.02. The van der Waals surface area contributed by atoms with E-state index in [1.54, 1.807) is 0 Å². The van der Waals surface area contributed by atoms with Gasteiger partial charge in [0.25, 0.3) is 0 Å². The molecule has 18 heavy (non-hydrogen) atoms. The van der Waals surface area contributed by atoms with Crippen LogP contribution in [-0.2, 0) is 6.61 Å². The van der Waals surface area contributed by atoms with E-state index in [9.17, 15) is 0 Å². The molecular weight excluding hydrogens is 246 g/mol. The molecule has 1 aromatic carbocycles. The smallest absolute Gasteiger partial charge is 0.0696 e. The van der Waals surface area contributed by atoms with Gasteiger partial charge in [0.15, 0.2) is 0 Å². The van der Waals surface area contributed by atoms with Crippen molar-refractivity contribution in [1.82, 2.24) is 0 Å². The maximum absolute atomic E-state index is 9.16. The van der Waals surface area contributed by atoms with Crippen LogP contribution in [0, 0.1) is 0 Å². The molecule has 1 unspecified atom stereocenters. The standard InChI is InChI=1S/C15H22ClNO/c1-2-13-6-4-3-5-9-17(13)14-8-7-12(11-18)15(16)10-14/h7-8,10,13,18H,2-6,9,11H2,1H3. The molecule has 0 saturated carbocycles. The molecule has 2 nitrogen and oxygen atoms in total. The Kier molecular flexibility index (Phi) is 4.90. The van der Waals surface area contributed by atoms with Crippen LogP contribution in [0.2, 0.25) is 5.02 Å². The minimum atomic E-state index is 0.0102. The SMILES string of the molecule is CCC1CCCCCN1c1ccc(CO)c(Cl)c1. The van der Waals surface area contributed by atoms with Crippen LogP contribution in [0.25, 0.3) is 0 Å². The van der Waals surface area contributed by atoms with Gasteiger partial charge in [-0.2, -0.15) is 0 Å². The summed E-state index contributed by atoms with van der Waals surface area (Å²) < 4.78 is 0. The third-order valence-electron chi connectivity index (χ3n) is 3.89. The number of anilines is 1. The second-order valence-electron chi connectivity index (χ2n) is 5.04. The van der Waals surface area contributed by atoms with Crippen LogP contribution in [0.5, 0.6) is 0 Å². The van der Waals surface area contributed by atoms with Gasteiger partial charge in [-0.1, -0.05) is 37.4 Å². The summed E-state index contributed by atoms with van der Waals surface area (Å²) in [5.41, 5.74) is 2.01. The van der Waals surface area contributed by atoms with Gasteiger partial charge in [-0.15, -0.1) is 0 Å². The van der Waals surface area contributed by atoms with Gasteiger partial charge in [-0.3, -0.25) is 0 Å². The zero-order chi connectivity index (χ0) is 13.0. The summed E-state index contributed by atoms with van der Waals surface area (Å²) in [7, 11) is 0. The van der Waals surface area contributed by atoms with Gasteiger partial charge >= 0.3 is 0 Å². The second-order valence-corrected chi connectivity index (χ2v) is 5.45. The zero-order valence-corrected chi connectivity index (χ0v) is 11.8. The van der Waals surface area contributed by atoms with Crippen LogP contribution in [-0.4, -0.2) is 17.7 Å². The molecule has 1 saturated heterocycles. The van der Waals surface area contributed by atoms with Gasteiger partial charge in [-0.25, -0.2) is 0 Å². The molecule has 0 amide bonds. The number of benzene rings is 1. The lowest BCUT2D eigenvalue weighted by molar-refractivity contribution is 0.282. The monoisotopic (exact) mass is 267 g/mol. The minimum absolute atomic E-state index is 0.0102. The van der Waals surface area contributed by atoms with Crippen LogP contribution < -0.4 is 4.90 Å². The van der Waals surface area contributed by atoms with Crippen molar-refractivity contribution >= 4 is 17.3 Å². The number of nitrogens with zero attached hydrogens (tertiary/aromatic N) is 1. The van der Waals surface area contributed by atoms with E-state index >= 15 is 0 Å². The summed E-state index contributed by atoms with van der Waals surface area (Å²) in [6.07, 6.45) is 6.37. The first-order chi connectivity index (χ1) is 8.76. The molecule has 0 bridgehead atoms. The highest BCUT2D eigenvalue weighted by Gasteiger charge is 2.20. The van der Waals surface area contributed by atoms with Crippen molar-refractivity contribution in [1.29, 1.82) is 0 Å². The lowest BCUT2D eigenvalue weighted by Gasteiger charge is -2.31. The molecule has 1 aliphatic heterocycles. The van der Waals surface area contributed by atoms with Gasteiger partial charge in [0, 0.05) is 23.3 Å². The summed E-state index contributed by atoms with van der Waals surface area (Å²) in [5, 5.41) is 9.84. The highest BCUT2D eigenvalue weighted by Crippen LogP contribution is 2.29. The van der Waals surface area contributed by atoms with E-state index in [2.05, 4.69) is 17.9 Å². The first-order valence-corrected chi connectivity index (χ1v) is 7.30. The van der Waals surface area contributed by atoms with Crippen molar-refractivity contribution in [3.05, 3.63) is 28.8 Å². The van der Waals surface area contributed by atoms with Crippen LogP contribution in [0.1, 0.15) is 44.6 Å². The van der Waals surface area contributed by atoms with E-state index in [1.165, 1.54) is 37.8 Å². The highest BCUT2D eigenvalue weighted by molar-refractivity contribution is 6.31. The molecule has 1 aromatic rings. The number of aliphatic hydroxyl groups excluding tert-OH is 1. The Morgan fingerprint density at radius 1 is 1.33 bits per heavy atom. The van der Waals surface area contributed by atoms with Gasteiger partial charge in [-0.05, 0) is 37.0 Å². The molecule has 0 spiro atoms.